The first kappa shape index (κ1) is 20.7. The van der Waals surface area contributed by atoms with Gasteiger partial charge in [-0.05, 0) is 50.2 Å². The molecule has 1 saturated heterocycles. The zero-order valence-corrected chi connectivity index (χ0v) is 16.7. The molecule has 3 rings (SSSR count). The summed E-state index contributed by atoms with van der Waals surface area (Å²) >= 11 is 0. The SMILES string of the molecule is CCOc1ccccc1C(=O)O[C@@H](C)C(=O)Nc1ccc(N2CCOCC2)cc1. The van der Waals surface area contributed by atoms with Crippen molar-refractivity contribution in [2.45, 2.75) is 20.0 Å². The Morgan fingerprint density at radius 2 is 1.79 bits per heavy atom. The number of carbonyl (C=O) groups excluding carboxylic acids is 2. The van der Waals surface area contributed by atoms with Gasteiger partial charge in [0.2, 0.25) is 0 Å². The highest BCUT2D eigenvalue weighted by Crippen LogP contribution is 2.21. The van der Waals surface area contributed by atoms with E-state index in [0.717, 1.165) is 18.8 Å². The van der Waals surface area contributed by atoms with E-state index in [1.54, 1.807) is 31.2 Å². The molecule has 0 aliphatic carbocycles. The topological polar surface area (TPSA) is 77.1 Å². The van der Waals surface area contributed by atoms with Gasteiger partial charge in [0, 0.05) is 24.5 Å². The standard InChI is InChI=1S/C22H26N2O5/c1-3-28-20-7-5-4-6-19(20)22(26)29-16(2)21(25)23-17-8-10-18(11-9-17)24-12-14-27-15-13-24/h4-11,16H,3,12-15H2,1-2H3,(H,23,25)/t16-/m0/s1. The minimum atomic E-state index is -0.948. The molecule has 154 valence electrons. The van der Waals surface area contributed by atoms with Crippen LogP contribution in [-0.4, -0.2) is 50.9 Å². The molecule has 0 saturated carbocycles. The van der Waals surface area contributed by atoms with E-state index in [4.69, 9.17) is 14.2 Å². The van der Waals surface area contributed by atoms with Crippen LogP contribution in [0.4, 0.5) is 11.4 Å². The summed E-state index contributed by atoms with van der Waals surface area (Å²) in [5.74, 6) is -0.558. The molecule has 1 fully saturated rings. The van der Waals surface area contributed by atoms with Crippen molar-refractivity contribution in [3.63, 3.8) is 0 Å². The van der Waals surface area contributed by atoms with Crippen LogP contribution in [0.3, 0.4) is 0 Å². The number of benzene rings is 2. The monoisotopic (exact) mass is 398 g/mol. The number of anilines is 2. The van der Waals surface area contributed by atoms with Gasteiger partial charge in [-0.25, -0.2) is 4.79 Å². The second-order valence-corrected chi connectivity index (χ2v) is 6.61. The van der Waals surface area contributed by atoms with E-state index < -0.39 is 18.0 Å². The van der Waals surface area contributed by atoms with Crippen LogP contribution in [0.1, 0.15) is 24.2 Å². The van der Waals surface area contributed by atoms with Gasteiger partial charge in [0.25, 0.3) is 5.91 Å². The first-order chi connectivity index (χ1) is 14.1. The fraction of sp³-hybridized carbons (Fsp3) is 0.364. The van der Waals surface area contributed by atoms with E-state index in [1.807, 2.05) is 31.2 Å². The van der Waals surface area contributed by atoms with Gasteiger partial charge in [0.1, 0.15) is 11.3 Å². The average Bonchev–Trinajstić information content (AvgIpc) is 2.75. The van der Waals surface area contributed by atoms with Crippen molar-refractivity contribution in [2.24, 2.45) is 0 Å². The number of morpholine rings is 1. The lowest BCUT2D eigenvalue weighted by Gasteiger charge is -2.28. The Morgan fingerprint density at radius 3 is 2.48 bits per heavy atom. The summed E-state index contributed by atoms with van der Waals surface area (Å²) in [6, 6.07) is 14.4. The predicted octanol–water partition coefficient (Wildman–Crippen LogP) is 3.11. The lowest BCUT2D eigenvalue weighted by Crippen LogP contribution is -2.36. The van der Waals surface area contributed by atoms with E-state index in [-0.39, 0.29) is 0 Å². The molecule has 0 unspecified atom stereocenters. The highest BCUT2D eigenvalue weighted by atomic mass is 16.5. The molecule has 1 heterocycles. The maximum Gasteiger partial charge on any atom is 0.342 e. The van der Waals surface area contributed by atoms with Crippen molar-refractivity contribution in [1.82, 2.24) is 0 Å². The minimum absolute atomic E-state index is 0.295. The van der Waals surface area contributed by atoms with Crippen LogP contribution >= 0.6 is 0 Å². The molecule has 1 N–H and O–H groups in total. The summed E-state index contributed by atoms with van der Waals surface area (Å²) in [7, 11) is 0. The van der Waals surface area contributed by atoms with Crippen molar-refractivity contribution in [2.75, 3.05) is 43.1 Å². The zero-order chi connectivity index (χ0) is 20.6. The van der Waals surface area contributed by atoms with Crippen molar-refractivity contribution in [3.05, 3.63) is 54.1 Å². The fourth-order valence-corrected chi connectivity index (χ4v) is 3.02. The largest absolute Gasteiger partial charge is 0.493 e. The van der Waals surface area contributed by atoms with Crippen LogP contribution in [-0.2, 0) is 14.3 Å². The molecule has 0 radical (unpaired) electrons. The summed E-state index contributed by atoms with van der Waals surface area (Å²) in [5.41, 5.74) is 2.02. The maximum atomic E-state index is 12.4. The Labute approximate surface area is 170 Å². The molecule has 0 spiro atoms. The fourth-order valence-electron chi connectivity index (χ4n) is 3.02. The second kappa shape index (κ2) is 9.93. The third-order valence-electron chi connectivity index (χ3n) is 4.57. The van der Waals surface area contributed by atoms with E-state index in [0.29, 0.717) is 36.8 Å². The molecule has 7 nitrogen and oxygen atoms in total. The van der Waals surface area contributed by atoms with Crippen molar-refractivity contribution in [1.29, 1.82) is 0 Å². The van der Waals surface area contributed by atoms with Crippen LogP contribution < -0.4 is 15.0 Å². The summed E-state index contributed by atoms with van der Waals surface area (Å²) in [6.45, 7) is 6.94. The molecule has 0 bridgehead atoms. The quantitative estimate of drug-likeness (QED) is 0.722. The third-order valence-corrected chi connectivity index (χ3v) is 4.57. The van der Waals surface area contributed by atoms with E-state index >= 15 is 0 Å². The summed E-state index contributed by atoms with van der Waals surface area (Å²) in [6.07, 6.45) is -0.948. The summed E-state index contributed by atoms with van der Waals surface area (Å²) in [4.78, 5) is 27.1. The molecule has 1 amide bonds. The van der Waals surface area contributed by atoms with Crippen LogP contribution in [0.2, 0.25) is 0 Å². The Bertz CT molecular complexity index is 831. The van der Waals surface area contributed by atoms with Gasteiger partial charge in [-0.2, -0.15) is 0 Å². The third kappa shape index (κ3) is 5.48. The lowest BCUT2D eigenvalue weighted by atomic mass is 10.2. The van der Waals surface area contributed by atoms with Crippen molar-refractivity contribution < 1.29 is 23.8 Å². The lowest BCUT2D eigenvalue weighted by molar-refractivity contribution is -0.123. The molecule has 2 aromatic carbocycles. The van der Waals surface area contributed by atoms with Crippen LogP contribution in [0.25, 0.3) is 0 Å². The Kier molecular flexibility index (Phi) is 7.08. The van der Waals surface area contributed by atoms with Gasteiger partial charge in [0.15, 0.2) is 6.10 Å². The van der Waals surface area contributed by atoms with Gasteiger partial charge in [-0.1, -0.05) is 12.1 Å². The molecule has 2 aromatic rings. The van der Waals surface area contributed by atoms with E-state index in [9.17, 15) is 9.59 Å². The summed E-state index contributed by atoms with van der Waals surface area (Å²) in [5, 5.41) is 2.78. The number of hydrogen-bond donors (Lipinski definition) is 1. The van der Waals surface area contributed by atoms with Crippen LogP contribution in [0.5, 0.6) is 5.75 Å². The number of esters is 1. The molecular weight excluding hydrogens is 372 g/mol. The number of para-hydroxylation sites is 1. The molecule has 1 atom stereocenters. The molecule has 1 aliphatic rings. The predicted molar refractivity (Wildman–Crippen MR) is 111 cm³/mol. The van der Waals surface area contributed by atoms with Gasteiger partial charge >= 0.3 is 5.97 Å². The minimum Gasteiger partial charge on any atom is -0.493 e. The van der Waals surface area contributed by atoms with Crippen LogP contribution in [0, 0.1) is 0 Å². The van der Waals surface area contributed by atoms with Gasteiger partial charge in [-0.15, -0.1) is 0 Å². The maximum absolute atomic E-state index is 12.4. The summed E-state index contributed by atoms with van der Waals surface area (Å²) < 4.78 is 16.1. The average molecular weight is 398 g/mol. The number of nitrogens with zero attached hydrogens (tertiary/aromatic N) is 1. The van der Waals surface area contributed by atoms with Crippen LogP contribution in [0.15, 0.2) is 48.5 Å². The molecular formula is C22H26N2O5. The Balaban J connectivity index is 1.57. The second-order valence-electron chi connectivity index (χ2n) is 6.61. The van der Waals surface area contributed by atoms with Crippen molar-refractivity contribution >= 4 is 23.3 Å². The molecule has 0 aromatic heterocycles. The number of hydrogen-bond acceptors (Lipinski definition) is 6. The van der Waals surface area contributed by atoms with E-state index in [2.05, 4.69) is 10.2 Å². The van der Waals surface area contributed by atoms with Gasteiger partial charge in [0.05, 0.1) is 19.8 Å². The Morgan fingerprint density at radius 1 is 1.10 bits per heavy atom. The number of nitrogens with one attached hydrogen (secondary N) is 1. The highest BCUT2D eigenvalue weighted by molar-refractivity contribution is 5.98. The first-order valence-corrected chi connectivity index (χ1v) is 9.75. The molecule has 29 heavy (non-hydrogen) atoms. The molecule has 1 aliphatic heterocycles. The van der Waals surface area contributed by atoms with E-state index in [1.165, 1.54) is 0 Å². The number of rotatable bonds is 7. The van der Waals surface area contributed by atoms with Gasteiger partial charge in [-0.3, -0.25) is 4.79 Å². The number of ether oxygens (including phenoxy) is 3. The number of carbonyl (C=O) groups is 2. The highest BCUT2D eigenvalue weighted by Gasteiger charge is 2.21. The smallest absolute Gasteiger partial charge is 0.342 e. The molecule has 7 heteroatoms. The first-order valence-electron chi connectivity index (χ1n) is 9.75. The Hall–Kier alpha value is -3.06. The number of amides is 1. The zero-order valence-electron chi connectivity index (χ0n) is 16.7. The van der Waals surface area contributed by atoms with Crippen molar-refractivity contribution in [3.8, 4) is 5.75 Å². The normalized spacial score (nSPS) is 14.8. The van der Waals surface area contributed by atoms with Gasteiger partial charge < -0.3 is 24.4 Å².